The Bertz CT molecular complexity index is 595. The van der Waals surface area contributed by atoms with Crippen molar-refractivity contribution < 1.29 is 9.21 Å². The molecule has 0 aliphatic carbocycles. The van der Waals surface area contributed by atoms with E-state index >= 15 is 0 Å². The molecule has 1 aliphatic heterocycles. The Labute approximate surface area is 117 Å². The third kappa shape index (κ3) is 2.57. The molecule has 0 bridgehead atoms. The third-order valence-corrected chi connectivity index (χ3v) is 3.74. The van der Waals surface area contributed by atoms with E-state index in [2.05, 4.69) is 16.0 Å². The molecule has 2 aromatic rings. The molecule has 5 nitrogen and oxygen atoms in total. The standard InChI is InChI=1S/C15H17N3O2/c1-11-7-12(4-5-17-11)13-3-2-6-18(9-13)15(19)14-8-16-10-20-14/h4-5,7-8,10,13H,2-3,6,9H2,1H3/t13-/m0/s1. The molecule has 20 heavy (non-hydrogen) atoms. The molecule has 0 aromatic carbocycles. The minimum atomic E-state index is -0.0713. The summed E-state index contributed by atoms with van der Waals surface area (Å²) in [7, 11) is 0. The van der Waals surface area contributed by atoms with Crippen LogP contribution in [0.3, 0.4) is 0 Å². The number of carbonyl (C=O) groups excluding carboxylic acids is 1. The number of aromatic nitrogens is 2. The fourth-order valence-electron chi connectivity index (χ4n) is 2.73. The third-order valence-electron chi connectivity index (χ3n) is 3.74. The van der Waals surface area contributed by atoms with Crippen LogP contribution in [-0.2, 0) is 0 Å². The summed E-state index contributed by atoms with van der Waals surface area (Å²) in [5.41, 5.74) is 2.27. The number of hydrogen-bond acceptors (Lipinski definition) is 4. The lowest BCUT2D eigenvalue weighted by Gasteiger charge is -2.32. The molecule has 1 amide bonds. The predicted octanol–water partition coefficient (Wildman–Crippen LogP) is 2.40. The van der Waals surface area contributed by atoms with E-state index in [0.717, 1.165) is 31.6 Å². The number of piperidine rings is 1. The Kier molecular flexibility index (Phi) is 3.50. The number of nitrogens with zero attached hydrogens (tertiary/aromatic N) is 3. The SMILES string of the molecule is Cc1cc([C@H]2CCCN(C(=O)c3cnco3)C2)ccn1. The highest BCUT2D eigenvalue weighted by atomic mass is 16.3. The van der Waals surface area contributed by atoms with E-state index in [9.17, 15) is 4.79 Å². The smallest absolute Gasteiger partial charge is 0.291 e. The highest BCUT2D eigenvalue weighted by Gasteiger charge is 2.27. The van der Waals surface area contributed by atoms with Crippen LogP contribution in [0.1, 0.15) is 40.6 Å². The minimum absolute atomic E-state index is 0.0713. The Hall–Kier alpha value is -2.17. The first-order chi connectivity index (χ1) is 9.74. The number of aryl methyl sites for hydroxylation is 1. The second kappa shape index (κ2) is 5.45. The molecule has 5 heteroatoms. The molecule has 0 spiro atoms. The Morgan fingerprint density at radius 3 is 3.15 bits per heavy atom. The van der Waals surface area contributed by atoms with Crippen molar-refractivity contribution in [3.63, 3.8) is 0 Å². The number of likely N-dealkylation sites (tertiary alicyclic amines) is 1. The quantitative estimate of drug-likeness (QED) is 0.841. The van der Waals surface area contributed by atoms with Crippen molar-refractivity contribution in [1.82, 2.24) is 14.9 Å². The molecule has 1 aliphatic rings. The van der Waals surface area contributed by atoms with Crippen LogP contribution in [0.25, 0.3) is 0 Å². The fraction of sp³-hybridized carbons (Fsp3) is 0.400. The van der Waals surface area contributed by atoms with E-state index < -0.39 is 0 Å². The van der Waals surface area contributed by atoms with Crippen molar-refractivity contribution in [2.45, 2.75) is 25.7 Å². The number of carbonyl (C=O) groups is 1. The van der Waals surface area contributed by atoms with Crippen molar-refractivity contribution in [2.75, 3.05) is 13.1 Å². The molecule has 1 atom stereocenters. The summed E-state index contributed by atoms with van der Waals surface area (Å²) in [6, 6.07) is 4.15. The lowest BCUT2D eigenvalue weighted by molar-refractivity contribution is 0.0675. The number of hydrogen-bond donors (Lipinski definition) is 0. The van der Waals surface area contributed by atoms with E-state index in [1.807, 2.05) is 24.1 Å². The van der Waals surface area contributed by atoms with Crippen LogP contribution in [0.5, 0.6) is 0 Å². The number of pyridine rings is 1. The lowest BCUT2D eigenvalue weighted by Crippen LogP contribution is -2.39. The average Bonchev–Trinajstić information content (AvgIpc) is 3.01. The first-order valence-electron chi connectivity index (χ1n) is 6.84. The second-order valence-corrected chi connectivity index (χ2v) is 5.19. The highest BCUT2D eigenvalue weighted by molar-refractivity contribution is 5.91. The van der Waals surface area contributed by atoms with Crippen LogP contribution in [-0.4, -0.2) is 33.9 Å². The molecule has 0 N–H and O–H groups in total. The predicted molar refractivity (Wildman–Crippen MR) is 73.4 cm³/mol. The van der Waals surface area contributed by atoms with Gasteiger partial charge in [-0.3, -0.25) is 9.78 Å². The van der Waals surface area contributed by atoms with Gasteiger partial charge in [-0.2, -0.15) is 0 Å². The van der Waals surface area contributed by atoms with Gasteiger partial charge in [0.05, 0.1) is 6.20 Å². The fourth-order valence-corrected chi connectivity index (χ4v) is 2.73. The summed E-state index contributed by atoms with van der Waals surface area (Å²) < 4.78 is 5.10. The van der Waals surface area contributed by atoms with Gasteiger partial charge in [-0.15, -0.1) is 0 Å². The molecule has 1 fully saturated rings. The van der Waals surface area contributed by atoms with Crippen molar-refractivity contribution in [3.8, 4) is 0 Å². The monoisotopic (exact) mass is 271 g/mol. The molecule has 3 rings (SSSR count). The highest BCUT2D eigenvalue weighted by Crippen LogP contribution is 2.27. The van der Waals surface area contributed by atoms with Gasteiger partial charge < -0.3 is 9.32 Å². The van der Waals surface area contributed by atoms with Gasteiger partial charge in [0.1, 0.15) is 0 Å². The zero-order chi connectivity index (χ0) is 13.9. The van der Waals surface area contributed by atoms with Gasteiger partial charge in [0.25, 0.3) is 5.91 Å². The van der Waals surface area contributed by atoms with Crippen LogP contribution >= 0.6 is 0 Å². The van der Waals surface area contributed by atoms with Gasteiger partial charge in [0.2, 0.25) is 5.76 Å². The van der Waals surface area contributed by atoms with E-state index in [0.29, 0.717) is 11.7 Å². The van der Waals surface area contributed by atoms with Gasteiger partial charge in [0.15, 0.2) is 6.39 Å². The minimum Gasteiger partial charge on any atom is -0.438 e. The summed E-state index contributed by atoms with van der Waals surface area (Å²) in [5.74, 6) is 0.617. The maximum atomic E-state index is 12.3. The van der Waals surface area contributed by atoms with Crippen molar-refractivity contribution in [2.24, 2.45) is 0 Å². The lowest BCUT2D eigenvalue weighted by atomic mass is 9.91. The molecule has 2 aromatic heterocycles. The van der Waals surface area contributed by atoms with Gasteiger partial charge in [-0.1, -0.05) is 0 Å². The molecular weight excluding hydrogens is 254 g/mol. The summed E-state index contributed by atoms with van der Waals surface area (Å²) >= 11 is 0. The van der Waals surface area contributed by atoms with E-state index in [1.54, 1.807) is 0 Å². The second-order valence-electron chi connectivity index (χ2n) is 5.19. The Balaban J connectivity index is 1.75. The topological polar surface area (TPSA) is 59.2 Å². The van der Waals surface area contributed by atoms with Gasteiger partial charge in [-0.05, 0) is 37.5 Å². The Morgan fingerprint density at radius 1 is 1.50 bits per heavy atom. The van der Waals surface area contributed by atoms with Crippen LogP contribution in [0.4, 0.5) is 0 Å². The van der Waals surface area contributed by atoms with Crippen LogP contribution in [0.2, 0.25) is 0 Å². The number of rotatable bonds is 2. The van der Waals surface area contributed by atoms with Gasteiger partial charge >= 0.3 is 0 Å². The molecule has 0 unspecified atom stereocenters. The van der Waals surface area contributed by atoms with Crippen LogP contribution in [0.15, 0.2) is 35.3 Å². The largest absolute Gasteiger partial charge is 0.438 e. The summed E-state index contributed by atoms with van der Waals surface area (Å²) in [5, 5.41) is 0. The van der Waals surface area contributed by atoms with Crippen molar-refractivity contribution in [1.29, 1.82) is 0 Å². The Morgan fingerprint density at radius 2 is 2.40 bits per heavy atom. The normalized spacial score (nSPS) is 19.1. The average molecular weight is 271 g/mol. The van der Waals surface area contributed by atoms with Gasteiger partial charge in [-0.25, -0.2) is 4.98 Å². The molecule has 3 heterocycles. The maximum Gasteiger partial charge on any atom is 0.291 e. The van der Waals surface area contributed by atoms with Crippen LogP contribution in [0, 0.1) is 6.92 Å². The first-order valence-corrected chi connectivity index (χ1v) is 6.84. The zero-order valence-electron chi connectivity index (χ0n) is 11.5. The molecule has 1 saturated heterocycles. The van der Waals surface area contributed by atoms with E-state index in [4.69, 9.17) is 4.42 Å². The van der Waals surface area contributed by atoms with Crippen molar-refractivity contribution in [3.05, 3.63) is 47.9 Å². The zero-order valence-corrected chi connectivity index (χ0v) is 11.5. The van der Waals surface area contributed by atoms with E-state index in [-0.39, 0.29) is 5.91 Å². The maximum absolute atomic E-state index is 12.3. The number of oxazole rings is 1. The van der Waals surface area contributed by atoms with Gasteiger partial charge in [0, 0.05) is 30.9 Å². The first kappa shape index (κ1) is 12.8. The van der Waals surface area contributed by atoms with Crippen LogP contribution < -0.4 is 0 Å². The summed E-state index contributed by atoms with van der Waals surface area (Å²) in [4.78, 5) is 22.2. The molecule has 0 saturated carbocycles. The summed E-state index contributed by atoms with van der Waals surface area (Å²) in [6.07, 6.45) is 6.71. The van der Waals surface area contributed by atoms with E-state index in [1.165, 1.54) is 18.2 Å². The summed E-state index contributed by atoms with van der Waals surface area (Å²) in [6.45, 7) is 3.49. The molecule has 0 radical (unpaired) electrons. The number of amides is 1. The molecular formula is C15H17N3O2. The van der Waals surface area contributed by atoms with Crippen molar-refractivity contribution >= 4 is 5.91 Å². The molecule has 104 valence electrons.